The number of anilines is 1. The third kappa shape index (κ3) is 10.6. The summed E-state index contributed by atoms with van der Waals surface area (Å²) < 4.78 is 25.7. The van der Waals surface area contributed by atoms with E-state index >= 15 is 0 Å². The van der Waals surface area contributed by atoms with E-state index in [2.05, 4.69) is 12.2 Å². The maximum atomic E-state index is 12.9. The number of sulfone groups is 1. The number of nitrogens with one attached hydrogen (secondary N) is 1. The van der Waals surface area contributed by atoms with Crippen LogP contribution in [-0.4, -0.2) is 25.2 Å². The summed E-state index contributed by atoms with van der Waals surface area (Å²) in [6.45, 7) is 2.24. The fraction of sp³-hybridized carbons (Fsp3) is 0.615. The first-order chi connectivity index (χ1) is 16.8. The average molecular weight is 565 g/mol. The summed E-state index contributed by atoms with van der Waals surface area (Å²) >= 11 is 11.4. The van der Waals surface area contributed by atoms with Crippen LogP contribution >= 0.6 is 23.8 Å². The fourth-order valence-corrected chi connectivity index (χ4v) is 6.07. The van der Waals surface area contributed by atoms with E-state index in [4.69, 9.17) is 23.8 Å². The Morgan fingerprint density at radius 3 is 1.92 bits per heavy atom. The van der Waals surface area contributed by atoms with Gasteiger partial charge >= 0.3 is 35.6 Å². The molecule has 0 aromatic heterocycles. The smallest absolute Gasteiger partial charge is 0.876 e. The molecule has 0 spiro atoms. The first-order valence-electron chi connectivity index (χ1n) is 12.8. The normalized spacial score (nSPS) is 14.8. The van der Waals surface area contributed by atoms with Crippen molar-refractivity contribution in [2.24, 2.45) is 0 Å². The Kier molecular flexibility index (Phi) is 16.5. The maximum absolute atomic E-state index is 12.9. The Balaban J connectivity index is 0.00000648. The van der Waals surface area contributed by atoms with E-state index in [0.29, 0.717) is 12.7 Å². The fourth-order valence-electron chi connectivity index (χ4n) is 4.20. The van der Waals surface area contributed by atoms with Crippen molar-refractivity contribution >= 4 is 50.4 Å². The van der Waals surface area contributed by atoms with E-state index in [-0.39, 0.29) is 61.6 Å². The summed E-state index contributed by atoms with van der Waals surface area (Å²) in [7, 11) is -3.54. The van der Waals surface area contributed by atoms with Gasteiger partial charge < -0.3 is 10.4 Å². The van der Waals surface area contributed by atoms with Crippen molar-refractivity contribution < 1.29 is 47.9 Å². The molecule has 1 aromatic rings. The van der Waals surface area contributed by atoms with Gasteiger partial charge in [-0.05, 0) is 24.6 Å². The van der Waals surface area contributed by atoms with Crippen LogP contribution in [-0.2, 0) is 9.84 Å². The van der Waals surface area contributed by atoms with Gasteiger partial charge in [0.25, 0.3) is 0 Å². The van der Waals surface area contributed by atoms with Gasteiger partial charge in [-0.2, -0.15) is 0 Å². The molecule has 2 amide bonds. The van der Waals surface area contributed by atoms with Crippen LogP contribution in [0.4, 0.5) is 10.5 Å². The Morgan fingerprint density at radius 2 is 1.44 bits per heavy atom. The molecule has 0 bridgehead atoms. The number of carbonyl (C=O) groups excluding carboxylic acids is 1. The molecular weight excluding hydrogens is 527 g/mol. The molecule has 1 aliphatic rings. The first kappa shape index (κ1) is 33.4. The number of amides is 2. The van der Waals surface area contributed by atoms with E-state index in [1.54, 1.807) is 0 Å². The summed E-state index contributed by atoms with van der Waals surface area (Å²) in [5, 5.41) is 13.6. The quantitative estimate of drug-likeness (QED) is 0.103. The molecule has 1 fully saturated rings. The number of thiocarbonyl (C=S) groups is 1. The molecule has 0 aliphatic carbocycles. The van der Waals surface area contributed by atoms with E-state index in [1.807, 2.05) is 0 Å². The second-order valence-corrected chi connectivity index (χ2v) is 12.0. The van der Waals surface area contributed by atoms with E-state index in [1.165, 1.54) is 82.4 Å². The molecule has 1 saturated heterocycles. The zero-order chi connectivity index (χ0) is 25.7. The van der Waals surface area contributed by atoms with Crippen molar-refractivity contribution in [1.82, 2.24) is 5.32 Å². The van der Waals surface area contributed by atoms with E-state index < -0.39 is 15.9 Å². The summed E-state index contributed by atoms with van der Waals surface area (Å²) in [5.74, 6) is 0.0362. The SMILES string of the molecule is CCCCCCCCCCCCCCCCS(=O)(=O)c1ccc(Cl)c(N2C(=O)N/C(=C/[O-])C2=S)c1.[Na+]. The summed E-state index contributed by atoms with van der Waals surface area (Å²) in [6.07, 6.45) is 17.3. The van der Waals surface area contributed by atoms with Crippen LogP contribution in [0.5, 0.6) is 0 Å². The third-order valence-corrected chi connectivity index (χ3v) is 8.80. The number of nitrogens with zero attached hydrogens (tertiary/aromatic N) is 1. The van der Waals surface area contributed by atoms with Gasteiger partial charge in [0.2, 0.25) is 0 Å². The molecule has 1 heterocycles. The number of halogens is 1. The van der Waals surface area contributed by atoms with E-state index in [9.17, 15) is 18.3 Å². The van der Waals surface area contributed by atoms with Gasteiger partial charge in [0.15, 0.2) is 9.84 Å². The molecule has 1 aromatic carbocycles. The summed E-state index contributed by atoms with van der Waals surface area (Å²) in [6, 6.07) is 3.58. The number of hydrogen-bond donors (Lipinski definition) is 1. The molecule has 0 atom stereocenters. The largest absolute Gasteiger partial charge is 1.00 e. The molecule has 1 aliphatic heterocycles. The Bertz CT molecular complexity index is 986. The van der Waals surface area contributed by atoms with Gasteiger partial charge in [-0.1, -0.05) is 114 Å². The topological polar surface area (TPSA) is 89.5 Å². The monoisotopic (exact) mass is 564 g/mol. The van der Waals surface area contributed by atoms with Gasteiger partial charge in [-0.15, -0.1) is 6.26 Å². The number of rotatable bonds is 17. The molecule has 0 radical (unpaired) electrons. The maximum Gasteiger partial charge on any atom is 1.00 e. The number of unbranched alkanes of at least 4 members (excludes halogenated alkanes) is 13. The molecule has 0 unspecified atom stereocenters. The number of hydrogen-bond acceptors (Lipinski definition) is 5. The van der Waals surface area contributed by atoms with Crippen molar-refractivity contribution in [3.05, 3.63) is 35.2 Å². The Morgan fingerprint density at radius 1 is 0.944 bits per heavy atom. The van der Waals surface area contributed by atoms with Crippen LogP contribution in [0.25, 0.3) is 0 Å². The zero-order valence-corrected chi connectivity index (χ0v) is 26.1. The van der Waals surface area contributed by atoms with Gasteiger partial charge in [0.1, 0.15) is 4.99 Å². The van der Waals surface area contributed by atoms with E-state index in [0.717, 1.165) is 24.2 Å². The zero-order valence-electron chi connectivity index (χ0n) is 21.7. The molecule has 1 N–H and O–H groups in total. The van der Waals surface area contributed by atoms with Gasteiger partial charge in [0.05, 0.1) is 27.1 Å². The second kappa shape index (κ2) is 17.8. The molecule has 2 rings (SSSR count). The van der Waals surface area contributed by atoms with Crippen molar-refractivity contribution in [3.63, 3.8) is 0 Å². The number of urea groups is 1. The van der Waals surface area contributed by atoms with Crippen LogP contribution in [0.3, 0.4) is 0 Å². The predicted molar refractivity (Wildman–Crippen MR) is 146 cm³/mol. The third-order valence-electron chi connectivity index (χ3n) is 6.28. The van der Waals surface area contributed by atoms with Crippen LogP contribution in [0.2, 0.25) is 5.02 Å². The molecule has 0 saturated carbocycles. The Hall–Kier alpha value is -0.640. The van der Waals surface area contributed by atoms with Gasteiger partial charge in [-0.25, -0.2) is 18.1 Å². The minimum Gasteiger partial charge on any atom is -0.876 e. The standard InChI is InChI=1S/C26H39ClN2O4S2.Na/c1-2-3-4-5-6-7-8-9-10-11-12-13-14-15-18-35(32,33)21-16-17-22(27)24(19-21)29-25(34)23(20-30)28-26(29)31;/h16-17,19-20,30H,2-15,18H2,1H3,(H,28,31);/q;+1/p-1/b23-20+;. The predicted octanol–water partition coefficient (Wildman–Crippen LogP) is 3.66. The first-order valence-corrected chi connectivity index (χ1v) is 15.3. The average Bonchev–Trinajstić information content (AvgIpc) is 3.12. The van der Waals surface area contributed by atoms with Crippen LogP contribution in [0, 0.1) is 0 Å². The minimum atomic E-state index is -3.54. The van der Waals surface area contributed by atoms with Crippen molar-refractivity contribution in [1.29, 1.82) is 0 Å². The van der Waals surface area contributed by atoms with Crippen molar-refractivity contribution in [2.75, 3.05) is 10.7 Å². The summed E-state index contributed by atoms with van der Waals surface area (Å²) in [4.78, 5) is 13.3. The molecule has 196 valence electrons. The minimum absolute atomic E-state index is 0. The molecule has 10 heteroatoms. The number of benzene rings is 1. The molecular formula is C26H38ClN2NaO4S2. The van der Waals surface area contributed by atoms with Gasteiger partial charge in [0, 0.05) is 0 Å². The molecule has 6 nitrogen and oxygen atoms in total. The van der Waals surface area contributed by atoms with Crippen LogP contribution < -0.4 is 44.9 Å². The van der Waals surface area contributed by atoms with Crippen LogP contribution in [0.15, 0.2) is 35.1 Å². The van der Waals surface area contributed by atoms with Crippen molar-refractivity contribution in [2.45, 2.75) is 102 Å². The number of carbonyl (C=O) groups is 1. The van der Waals surface area contributed by atoms with Crippen LogP contribution in [0.1, 0.15) is 96.8 Å². The Labute approximate surface area is 249 Å². The van der Waals surface area contributed by atoms with Gasteiger partial charge in [-0.3, -0.25) is 0 Å². The summed E-state index contributed by atoms with van der Waals surface area (Å²) in [5.41, 5.74) is 0.102. The van der Waals surface area contributed by atoms with Crippen molar-refractivity contribution in [3.8, 4) is 0 Å². The molecule has 36 heavy (non-hydrogen) atoms. The second-order valence-electron chi connectivity index (χ2n) is 9.13.